The lowest BCUT2D eigenvalue weighted by molar-refractivity contribution is -0.137. The van der Waals surface area contributed by atoms with E-state index < -0.39 is 11.8 Å². The highest BCUT2D eigenvalue weighted by Crippen LogP contribution is 2.32. The molecule has 8 heteroatoms. The molecular formula is C27H25FN2O5. The fraction of sp³-hybridized carbons (Fsp3) is 0.222. The minimum atomic E-state index is -0.920. The molecule has 0 amide bonds. The molecule has 3 aromatic carbocycles. The summed E-state index contributed by atoms with van der Waals surface area (Å²) in [5, 5.41) is 12.7. The number of carboxylic acids is 1. The number of benzene rings is 3. The lowest BCUT2D eigenvalue weighted by Gasteiger charge is -2.12. The molecule has 0 unspecified atom stereocenters. The van der Waals surface area contributed by atoms with Gasteiger partial charge in [0.2, 0.25) is 5.82 Å². The number of ether oxygens (including phenoxy) is 2. The van der Waals surface area contributed by atoms with Gasteiger partial charge in [0.15, 0.2) is 11.6 Å². The van der Waals surface area contributed by atoms with E-state index in [0.29, 0.717) is 24.5 Å². The molecule has 0 spiro atoms. The van der Waals surface area contributed by atoms with E-state index in [4.69, 9.17) is 19.1 Å². The maximum Gasteiger partial charge on any atom is 0.303 e. The Morgan fingerprint density at radius 1 is 1.06 bits per heavy atom. The van der Waals surface area contributed by atoms with Crippen molar-refractivity contribution in [1.82, 2.24) is 10.1 Å². The van der Waals surface area contributed by atoms with E-state index in [1.165, 1.54) is 12.1 Å². The van der Waals surface area contributed by atoms with Crippen LogP contribution in [0.5, 0.6) is 5.75 Å². The molecule has 0 aliphatic heterocycles. The van der Waals surface area contributed by atoms with Crippen molar-refractivity contribution in [2.24, 2.45) is 0 Å². The van der Waals surface area contributed by atoms with Gasteiger partial charge >= 0.3 is 5.97 Å². The Labute approximate surface area is 202 Å². The number of aliphatic carboxylic acids is 1. The first kappa shape index (κ1) is 24.1. The van der Waals surface area contributed by atoms with Crippen molar-refractivity contribution in [3.63, 3.8) is 0 Å². The van der Waals surface area contributed by atoms with E-state index in [-0.39, 0.29) is 24.6 Å². The van der Waals surface area contributed by atoms with Crippen LogP contribution in [0.3, 0.4) is 0 Å². The second kappa shape index (κ2) is 10.9. The molecule has 180 valence electrons. The molecule has 0 aliphatic carbocycles. The van der Waals surface area contributed by atoms with Crippen LogP contribution >= 0.6 is 0 Å². The first-order chi connectivity index (χ1) is 17.0. The smallest absolute Gasteiger partial charge is 0.303 e. The molecule has 0 saturated carbocycles. The van der Waals surface area contributed by atoms with E-state index in [2.05, 4.69) is 29.2 Å². The zero-order valence-corrected chi connectivity index (χ0v) is 19.5. The summed E-state index contributed by atoms with van der Waals surface area (Å²) in [5.41, 5.74) is 5.49. The predicted molar refractivity (Wildman–Crippen MR) is 128 cm³/mol. The Bertz CT molecular complexity index is 1330. The standard InChI is InChI=1S/C27H25FN2O5/c1-17-6-3-4-7-21(17)22-11-9-19(14-20(22)16-33-2)27-29-26(30-35-27)18-10-12-24(23(28)15-18)34-13-5-8-25(31)32/h3-4,6-7,9-12,14-15H,5,8,13,16H2,1-2H3,(H,31,32). The van der Waals surface area contributed by atoms with Gasteiger partial charge in [0.1, 0.15) is 0 Å². The largest absolute Gasteiger partial charge is 0.491 e. The predicted octanol–water partition coefficient (Wildman–Crippen LogP) is 5.91. The summed E-state index contributed by atoms with van der Waals surface area (Å²) >= 11 is 0. The van der Waals surface area contributed by atoms with Gasteiger partial charge in [-0.3, -0.25) is 4.79 Å². The maximum atomic E-state index is 14.5. The van der Waals surface area contributed by atoms with E-state index in [0.717, 1.165) is 27.8 Å². The summed E-state index contributed by atoms with van der Waals surface area (Å²) in [6, 6.07) is 18.4. The second-order valence-electron chi connectivity index (χ2n) is 8.03. The van der Waals surface area contributed by atoms with Gasteiger partial charge in [0.05, 0.1) is 13.2 Å². The first-order valence-corrected chi connectivity index (χ1v) is 11.1. The number of aryl methyl sites for hydroxylation is 1. The number of hydrogen-bond acceptors (Lipinski definition) is 6. The van der Waals surface area contributed by atoms with Gasteiger partial charge in [0.25, 0.3) is 5.89 Å². The Morgan fingerprint density at radius 3 is 2.60 bits per heavy atom. The number of carbonyl (C=O) groups is 1. The summed E-state index contributed by atoms with van der Waals surface area (Å²) in [6.45, 7) is 2.59. The molecule has 1 heterocycles. The van der Waals surface area contributed by atoms with Gasteiger partial charge in [-0.2, -0.15) is 4.98 Å². The van der Waals surface area contributed by atoms with Crippen molar-refractivity contribution in [2.45, 2.75) is 26.4 Å². The van der Waals surface area contributed by atoms with Crippen LogP contribution in [-0.4, -0.2) is 34.9 Å². The van der Waals surface area contributed by atoms with Crippen LogP contribution in [0.25, 0.3) is 34.0 Å². The minimum Gasteiger partial charge on any atom is -0.491 e. The second-order valence-corrected chi connectivity index (χ2v) is 8.03. The fourth-order valence-corrected chi connectivity index (χ4v) is 3.76. The van der Waals surface area contributed by atoms with Crippen LogP contribution in [-0.2, 0) is 16.1 Å². The van der Waals surface area contributed by atoms with Crippen molar-refractivity contribution in [3.8, 4) is 39.7 Å². The molecule has 1 aromatic heterocycles. The van der Waals surface area contributed by atoms with Crippen LogP contribution in [0, 0.1) is 12.7 Å². The number of aromatic nitrogens is 2. The molecule has 7 nitrogen and oxygen atoms in total. The SMILES string of the molecule is COCc1cc(-c2nc(-c3ccc(OCCCC(=O)O)c(F)c3)no2)ccc1-c1ccccc1C. The maximum absolute atomic E-state index is 14.5. The number of nitrogens with zero attached hydrogens (tertiary/aromatic N) is 2. The highest BCUT2D eigenvalue weighted by Gasteiger charge is 2.16. The van der Waals surface area contributed by atoms with E-state index >= 15 is 0 Å². The van der Waals surface area contributed by atoms with Crippen molar-refractivity contribution in [2.75, 3.05) is 13.7 Å². The Hall–Kier alpha value is -4.04. The molecule has 0 fully saturated rings. The average molecular weight is 477 g/mol. The normalized spacial score (nSPS) is 10.9. The van der Waals surface area contributed by atoms with E-state index in [1.54, 1.807) is 13.2 Å². The lowest BCUT2D eigenvalue weighted by Crippen LogP contribution is -2.03. The van der Waals surface area contributed by atoms with Gasteiger partial charge in [0, 0.05) is 24.7 Å². The minimum absolute atomic E-state index is 0.0383. The topological polar surface area (TPSA) is 94.7 Å². The zero-order valence-electron chi connectivity index (χ0n) is 19.5. The number of methoxy groups -OCH3 is 1. The van der Waals surface area contributed by atoms with E-state index in [9.17, 15) is 9.18 Å². The molecule has 0 saturated heterocycles. The molecule has 4 aromatic rings. The summed E-state index contributed by atoms with van der Waals surface area (Å²) in [5.74, 6) is -0.916. The summed E-state index contributed by atoms with van der Waals surface area (Å²) < 4.78 is 30.7. The average Bonchev–Trinajstić information content (AvgIpc) is 3.34. The molecule has 1 N–H and O–H groups in total. The van der Waals surface area contributed by atoms with Crippen molar-refractivity contribution in [1.29, 1.82) is 0 Å². The zero-order chi connectivity index (χ0) is 24.8. The molecule has 0 aliphatic rings. The lowest BCUT2D eigenvalue weighted by atomic mass is 9.94. The van der Waals surface area contributed by atoms with Crippen LogP contribution in [0.15, 0.2) is 65.2 Å². The van der Waals surface area contributed by atoms with Crippen LogP contribution in [0.2, 0.25) is 0 Å². The summed E-state index contributed by atoms with van der Waals surface area (Å²) in [6.07, 6.45) is 0.252. The molecular weight excluding hydrogens is 451 g/mol. The third-order valence-corrected chi connectivity index (χ3v) is 5.50. The van der Waals surface area contributed by atoms with Gasteiger partial charge in [-0.25, -0.2) is 4.39 Å². The molecule has 4 rings (SSSR count). The van der Waals surface area contributed by atoms with Crippen molar-refractivity contribution in [3.05, 3.63) is 77.6 Å². The van der Waals surface area contributed by atoms with Crippen LogP contribution < -0.4 is 4.74 Å². The first-order valence-electron chi connectivity index (χ1n) is 11.1. The highest BCUT2D eigenvalue weighted by atomic mass is 19.1. The van der Waals surface area contributed by atoms with Crippen molar-refractivity contribution < 1.29 is 28.3 Å². The number of carboxylic acid groups (broad SMARTS) is 1. The third kappa shape index (κ3) is 5.73. The highest BCUT2D eigenvalue weighted by molar-refractivity contribution is 5.74. The molecule has 0 bridgehead atoms. The number of halogens is 1. The monoisotopic (exact) mass is 476 g/mol. The summed E-state index contributed by atoms with van der Waals surface area (Å²) in [7, 11) is 1.65. The Balaban J connectivity index is 1.55. The fourth-order valence-electron chi connectivity index (χ4n) is 3.76. The third-order valence-electron chi connectivity index (χ3n) is 5.50. The number of hydrogen-bond donors (Lipinski definition) is 1. The van der Waals surface area contributed by atoms with E-state index in [1.807, 2.05) is 30.3 Å². The van der Waals surface area contributed by atoms with Crippen molar-refractivity contribution >= 4 is 5.97 Å². The van der Waals surface area contributed by atoms with Gasteiger partial charge in [-0.1, -0.05) is 35.5 Å². The van der Waals surface area contributed by atoms with Crippen LogP contribution in [0.1, 0.15) is 24.0 Å². The van der Waals surface area contributed by atoms with Gasteiger partial charge < -0.3 is 19.1 Å². The Morgan fingerprint density at radius 2 is 1.86 bits per heavy atom. The quantitative estimate of drug-likeness (QED) is 0.284. The molecule has 0 atom stereocenters. The van der Waals surface area contributed by atoms with Crippen LogP contribution in [0.4, 0.5) is 4.39 Å². The van der Waals surface area contributed by atoms with Gasteiger partial charge in [-0.15, -0.1) is 0 Å². The summed E-state index contributed by atoms with van der Waals surface area (Å²) in [4.78, 5) is 15.0. The number of rotatable bonds is 10. The van der Waals surface area contributed by atoms with Gasteiger partial charge in [-0.05, 0) is 65.9 Å². The Kier molecular flexibility index (Phi) is 7.52. The molecule has 0 radical (unpaired) electrons. The molecule has 35 heavy (non-hydrogen) atoms.